The van der Waals surface area contributed by atoms with E-state index in [0.717, 1.165) is 0 Å². The van der Waals surface area contributed by atoms with Gasteiger partial charge in [0.2, 0.25) is 0 Å². The second-order valence-corrected chi connectivity index (χ2v) is 1.72. The van der Waals surface area contributed by atoms with E-state index in [1.54, 1.807) is 19.6 Å². The van der Waals surface area contributed by atoms with Crippen LogP contribution >= 0.6 is 0 Å². The summed E-state index contributed by atoms with van der Waals surface area (Å²) in [6, 6.07) is 0. The molecule has 0 aromatic carbocycles. The number of rotatable bonds is 1. The molecule has 3 heteroatoms. The number of hydrogen-bond acceptors (Lipinski definition) is 2. The maximum absolute atomic E-state index is 4.55. The van der Waals surface area contributed by atoms with Crippen molar-refractivity contribution in [1.82, 2.24) is 9.55 Å². The second kappa shape index (κ2) is 3.57. The molecule has 1 heterocycles. The third-order valence-electron chi connectivity index (χ3n) is 0.995. The summed E-state index contributed by atoms with van der Waals surface area (Å²) >= 11 is 0. The second-order valence-electron chi connectivity index (χ2n) is 1.72. The van der Waals surface area contributed by atoms with Crippen molar-refractivity contribution in [2.24, 2.45) is 0 Å². The normalized spacial score (nSPS) is 8.10. The third kappa shape index (κ3) is 1.82. The fraction of sp³-hybridized carbons (Fsp3) is 0.286. The van der Waals surface area contributed by atoms with Crippen molar-refractivity contribution < 1.29 is 4.74 Å². The summed E-state index contributed by atoms with van der Waals surface area (Å²) in [5, 5.41) is 0. The highest BCUT2D eigenvalue weighted by Gasteiger charge is 1.81. The quantitative estimate of drug-likeness (QED) is 0.525. The lowest BCUT2D eigenvalue weighted by Gasteiger charge is -1.88. The van der Waals surface area contributed by atoms with Crippen molar-refractivity contribution in [2.75, 3.05) is 7.11 Å². The van der Waals surface area contributed by atoms with Crippen molar-refractivity contribution in [1.29, 1.82) is 0 Å². The lowest BCUT2D eigenvalue weighted by Crippen LogP contribution is -1.89. The molecule has 0 saturated heterocycles. The molecule has 0 spiro atoms. The molecule has 0 amide bonds. The highest BCUT2D eigenvalue weighted by atomic mass is 16.5. The van der Waals surface area contributed by atoms with Crippen molar-refractivity contribution in [3.63, 3.8) is 0 Å². The molecule has 0 aliphatic rings. The molecule has 0 aliphatic carbocycles. The summed E-state index contributed by atoms with van der Waals surface area (Å²) in [5.74, 6) is 2.79. The Morgan fingerprint density at radius 1 is 1.70 bits per heavy atom. The lowest BCUT2D eigenvalue weighted by atomic mass is 10.6. The molecular formula is C7H8N2O. The molecule has 52 valence electrons. The number of imidazole rings is 1. The molecule has 3 nitrogen and oxygen atoms in total. The van der Waals surface area contributed by atoms with Crippen LogP contribution in [0.4, 0.5) is 0 Å². The topological polar surface area (TPSA) is 27.1 Å². The van der Waals surface area contributed by atoms with Gasteiger partial charge >= 0.3 is 0 Å². The Bertz CT molecular complexity index is 230. The van der Waals surface area contributed by atoms with E-state index in [2.05, 4.69) is 21.7 Å². The number of methoxy groups -OCH3 is 1. The highest BCUT2D eigenvalue weighted by Crippen LogP contribution is 1.82. The fourth-order valence-electron chi connectivity index (χ4n) is 0.576. The molecule has 0 aliphatic heterocycles. The monoisotopic (exact) mass is 136 g/mol. The maximum Gasteiger partial charge on any atom is 0.111 e. The van der Waals surface area contributed by atoms with Gasteiger partial charge in [-0.05, 0) is 5.92 Å². The van der Waals surface area contributed by atoms with E-state index in [1.807, 2.05) is 10.8 Å². The molecule has 0 saturated carbocycles. The first-order valence-corrected chi connectivity index (χ1v) is 2.90. The number of aromatic nitrogens is 2. The van der Waals surface area contributed by atoms with E-state index in [1.165, 1.54) is 0 Å². The zero-order valence-electron chi connectivity index (χ0n) is 5.74. The van der Waals surface area contributed by atoms with Gasteiger partial charge in [0, 0.05) is 12.4 Å². The lowest BCUT2D eigenvalue weighted by molar-refractivity contribution is 0.371. The van der Waals surface area contributed by atoms with E-state index in [-0.39, 0.29) is 0 Å². The van der Waals surface area contributed by atoms with Gasteiger partial charge in [-0.15, -0.1) is 0 Å². The summed E-state index contributed by atoms with van der Waals surface area (Å²) in [4.78, 5) is 3.86. The Hall–Kier alpha value is -1.43. The number of nitrogens with zero attached hydrogens (tertiary/aromatic N) is 2. The predicted molar refractivity (Wildman–Crippen MR) is 37.0 cm³/mol. The van der Waals surface area contributed by atoms with E-state index in [4.69, 9.17) is 0 Å². The van der Waals surface area contributed by atoms with Crippen LogP contribution in [0.5, 0.6) is 0 Å². The first-order chi connectivity index (χ1) is 4.93. The van der Waals surface area contributed by atoms with Crippen molar-refractivity contribution >= 4 is 0 Å². The summed E-state index contributed by atoms with van der Waals surface area (Å²) < 4.78 is 6.41. The Morgan fingerprint density at radius 2 is 2.60 bits per heavy atom. The molecule has 0 bridgehead atoms. The summed E-state index contributed by atoms with van der Waals surface area (Å²) in [6.45, 7) is 0.633. The van der Waals surface area contributed by atoms with E-state index in [9.17, 15) is 0 Å². The zero-order valence-corrected chi connectivity index (χ0v) is 5.74. The van der Waals surface area contributed by atoms with Crippen LogP contribution in [0.3, 0.4) is 0 Å². The van der Waals surface area contributed by atoms with Crippen LogP contribution in [0.15, 0.2) is 18.7 Å². The Morgan fingerprint density at radius 3 is 3.20 bits per heavy atom. The van der Waals surface area contributed by atoms with Crippen LogP contribution in [-0.4, -0.2) is 16.7 Å². The first-order valence-electron chi connectivity index (χ1n) is 2.90. The van der Waals surface area contributed by atoms with Crippen molar-refractivity contribution in [3.8, 4) is 12.0 Å². The molecule has 0 radical (unpaired) electrons. The Balaban J connectivity index is 2.41. The number of ether oxygens (including phenoxy) is 1. The molecular weight excluding hydrogens is 128 g/mol. The van der Waals surface area contributed by atoms with Gasteiger partial charge in [0.25, 0.3) is 0 Å². The van der Waals surface area contributed by atoms with E-state index in [0.29, 0.717) is 6.54 Å². The van der Waals surface area contributed by atoms with Crippen LogP contribution in [0.25, 0.3) is 0 Å². The Kier molecular flexibility index (Phi) is 2.39. The molecule has 1 aromatic rings. The average molecular weight is 136 g/mol. The smallest absolute Gasteiger partial charge is 0.111 e. The molecule has 0 unspecified atom stereocenters. The molecule has 0 N–H and O–H groups in total. The van der Waals surface area contributed by atoms with Crippen LogP contribution < -0.4 is 0 Å². The summed E-state index contributed by atoms with van der Waals surface area (Å²) in [5.41, 5.74) is 0. The van der Waals surface area contributed by atoms with Gasteiger partial charge in [0.1, 0.15) is 6.11 Å². The van der Waals surface area contributed by atoms with Gasteiger partial charge in [-0.25, -0.2) is 4.98 Å². The minimum Gasteiger partial charge on any atom is -0.450 e. The van der Waals surface area contributed by atoms with E-state index >= 15 is 0 Å². The molecule has 1 rings (SSSR count). The average Bonchev–Trinajstić information content (AvgIpc) is 2.41. The summed E-state index contributed by atoms with van der Waals surface area (Å²) in [7, 11) is 1.54. The van der Waals surface area contributed by atoms with Crippen LogP contribution in [-0.2, 0) is 11.3 Å². The first kappa shape index (κ1) is 6.69. The minimum absolute atomic E-state index is 0.633. The van der Waals surface area contributed by atoms with Gasteiger partial charge in [0.05, 0.1) is 20.0 Å². The van der Waals surface area contributed by atoms with Gasteiger partial charge in [-0.3, -0.25) is 0 Å². The van der Waals surface area contributed by atoms with Gasteiger partial charge in [-0.1, -0.05) is 0 Å². The largest absolute Gasteiger partial charge is 0.450 e. The van der Waals surface area contributed by atoms with E-state index < -0.39 is 0 Å². The molecule has 1 aromatic heterocycles. The van der Waals surface area contributed by atoms with Crippen LogP contribution in [0.1, 0.15) is 0 Å². The molecule has 0 fully saturated rings. The number of hydrogen-bond donors (Lipinski definition) is 0. The third-order valence-corrected chi connectivity index (χ3v) is 0.995. The standard InChI is InChI=1S/C7H8N2O/c1-10-6-2-4-9-5-3-8-7-9/h3,5,7H,4H2,1H3. The highest BCUT2D eigenvalue weighted by molar-refractivity contribution is 4.93. The maximum atomic E-state index is 4.55. The van der Waals surface area contributed by atoms with Crippen LogP contribution in [0.2, 0.25) is 0 Å². The predicted octanol–water partition coefficient (Wildman–Crippen LogP) is 0.490. The SMILES string of the molecule is COC#CCn1ccnc1. The van der Waals surface area contributed by atoms with Crippen molar-refractivity contribution in [2.45, 2.75) is 6.54 Å². The van der Waals surface area contributed by atoms with Crippen molar-refractivity contribution in [3.05, 3.63) is 18.7 Å². The molecule has 10 heavy (non-hydrogen) atoms. The Labute approximate surface area is 59.6 Å². The summed E-state index contributed by atoms with van der Waals surface area (Å²) in [6.07, 6.45) is 7.77. The van der Waals surface area contributed by atoms with Crippen LogP contribution in [0, 0.1) is 12.0 Å². The molecule has 0 atom stereocenters. The van der Waals surface area contributed by atoms with Gasteiger partial charge < -0.3 is 9.30 Å². The zero-order chi connectivity index (χ0) is 7.23. The fourth-order valence-corrected chi connectivity index (χ4v) is 0.576. The van der Waals surface area contributed by atoms with Gasteiger partial charge in [-0.2, -0.15) is 0 Å². The minimum atomic E-state index is 0.633. The van der Waals surface area contributed by atoms with Gasteiger partial charge in [0.15, 0.2) is 0 Å².